The summed E-state index contributed by atoms with van der Waals surface area (Å²) in [7, 11) is 0. The van der Waals surface area contributed by atoms with Crippen molar-refractivity contribution in [2.24, 2.45) is 11.7 Å². The van der Waals surface area contributed by atoms with Crippen LogP contribution in [0.15, 0.2) is 24.3 Å². The molecule has 0 saturated heterocycles. The van der Waals surface area contributed by atoms with Gasteiger partial charge in [-0.2, -0.15) is 0 Å². The molecule has 0 aliphatic carbocycles. The summed E-state index contributed by atoms with van der Waals surface area (Å²) in [6.45, 7) is 8.56. The molecule has 21 heavy (non-hydrogen) atoms. The number of hydrogen-bond donors (Lipinski definition) is 2. The van der Waals surface area contributed by atoms with Gasteiger partial charge in [-0.3, -0.25) is 4.79 Å². The van der Waals surface area contributed by atoms with Crippen molar-refractivity contribution >= 4 is 18.3 Å². The predicted molar refractivity (Wildman–Crippen MR) is 88.5 cm³/mol. The number of benzene rings is 1. The molecule has 1 rings (SSSR count). The van der Waals surface area contributed by atoms with E-state index < -0.39 is 12.1 Å². The van der Waals surface area contributed by atoms with Crippen LogP contribution in [0, 0.1) is 12.8 Å². The Balaban J connectivity index is 0.00000400. The molecule has 5 heteroatoms. The van der Waals surface area contributed by atoms with Crippen molar-refractivity contribution in [1.29, 1.82) is 0 Å². The second-order valence-electron chi connectivity index (χ2n) is 5.57. The Kier molecular flexibility index (Phi) is 8.55. The van der Waals surface area contributed by atoms with Gasteiger partial charge in [0, 0.05) is 6.54 Å². The van der Waals surface area contributed by atoms with Crippen LogP contribution >= 0.6 is 12.4 Å². The normalized spacial score (nSPS) is 13.5. The fourth-order valence-corrected chi connectivity index (χ4v) is 1.97. The zero-order valence-electron chi connectivity index (χ0n) is 13.2. The van der Waals surface area contributed by atoms with Crippen molar-refractivity contribution in [2.45, 2.75) is 39.8 Å². The second kappa shape index (κ2) is 9.03. The summed E-state index contributed by atoms with van der Waals surface area (Å²) in [4.78, 5) is 13.8. The van der Waals surface area contributed by atoms with Gasteiger partial charge in [0.1, 0.15) is 0 Å². The average Bonchev–Trinajstić information content (AvgIpc) is 2.43. The van der Waals surface area contributed by atoms with Gasteiger partial charge < -0.3 is 15.7 Å². The van der Waals surface area contributed by atoms with Crippen LogP contribution in [0.5, 0.6) is 0 Å². The summed E-state index contributed by atoms with van der Waals surface area (Å²) in [6.07, 6.45) is -0.682. The number of amides is 1. The van der Waals surface area contributed by atoms with Gasteiger partial charge in [-0.05, 0) is 25.3 Å². The third-order valence-corrected chi connectivity index (χ3v) is 3.55. The van der Waals surface area contributed by atoms with Gasteiger partial charge in [-0.25, -0.2) is 0 Å². The van der Waals surface area contributed by atoms with E-state index in [9.17, 15) is 9.90 Å². The van der Waals surface area contributed by atoms with Gasteiger partial charge in [0.25, 0.3) is 0 Å². The molecule has 3 N–H and O–H groups in total. The highest BCUT2D eigenvalue weighted by Crippen LogP contribution is 2.16. The molecule has 4 nitrogen and oxygen atoms in total. The van der Waals surface area contributed by atoms with E-state index in [0.29, 0.717) is 6.54 Å². The Bertz CT molecular complexity index is 434. The van der Waals surface area contributed by atoms with Crippen LogP contribution in [-0.2, 0) is 4.79 Å². The first-order chi connectivity index (χ1) is 9.36. The van der Waals surface area contributed by atoms with Gasteiger partial charge in [-0.1, -0.05) is 43.7 Å². The SMILES string of the molecule is CCN(CC(O)c1ccc(C)cc1)C(=O)C(N)C(C)C.Cl. The second-order valence-corrected chi connectivity index (χ2v) is 5.57. The minimum absolute atomic E-state index is 0. The number of carbonyl (C=O) groups is 1. The average molecular weight is 315 g/mol. The Morgan fingerprint density at radius 3 is 2.24 bits per heavy atom. The van der Waals surface area contributed by atoms with Crippen molar-refractivity contribution in [3.63, 3.8) is 0 Å². The fourth-order valence-electron chi connectivity index (χ4n) is 1.97. The van der Waals surface area contributed by atoms with Crippen molar-refractivity contribution in [3.05, 3.63) is 35.4 Å². The molecule has 0 bridgehead atoms. The van der Waals surface area contributed by atoms with Crippen LogP contribution in [0.3, 0.4) is 0 Å². The summed E-state index contributed by atoms with van der Waals surface area (Å²) in [5.41, 5.74) is 7.86. The lowest BCUT2D eigenvalue weighted by Gasteiger charge is -2.28. The number of aryl methyl sites for hydroxylation is 1. The number of carbonyl (C=O) groups excluding carboxylic acids is 1. The lowest BCUT2D eigenvalue weighted by atomic mass is 10.0. The molecule has 1 aromatic rings. The Labute approximate surface area is 133 Å². The molecule has 2 atom stereocenters. The minimum atomic E-state index is -0.682. The zero-order valence-corrected chi connectivity index (χ0v) is 14.1. The molecule has 0 heterocycles. The molecule has 0 aliphatic heterocycles. The quantitative estimate of drug-likeness (QED) is 0.846. The van der Waals surface area contributed by atoms with E-state index >= 15 is 0 Å². The monoisotopic (exact) mass is 314 g/mol. The number of halogens is 1. The first-order valence-electron chi connectivity index (χ1n) is 7.15. The van der Waals surface area contributed by atoms with Crippen LogP contribution in [0.2, 0.25) is 0 Å². The number of rotatable bonds is 6. The molecule has 0 aliphatic rings. The Hall–Kier alpha value is -1.10. The number of likely N-dealkylation sites (N-methyl/N-ethyl adjacent to an activating group) is 1. The van der Waals surface area contributed by atoms with E-state index in [1.165, 1.54) is 0 Å². The maximum atomic E-state index is 12.2. The summed E-state index contributed by atoms with van der Waals surface area (Å²) in [6, 6.07) is 7.18. The summed E-state index contributed by atoms with van der Waals surface area (Å²) in [5.74, 6) is -0.0123. The molecule has 1 aromatic carbocycles. The van der Waals surface area contributed by atoms with Crippen LogP contribution in [-0.4, -0.2) is 35.0 Å². The number of aliphatic hydroxyl groups excluding tert-OH is 1. The van der Waals surface area contributed by atoms with E-state index in [1.807, 2.05) is 52.0 Å². The van der Waals surface area contributed by atoms with E-state index in [2.05, 4.69) is 0 Å². The Morgan fingerprint density at radius 2 is 1.81 bits per heavy atom. The van der Waals surface area contributed by atoms with E-state index in [-0.39, 0.29) is 30.8 Å². The van der Waals surface area contributed by atoms with Crippen molar-refractivity contribution < 1.29 is 9.90 Å². The van der Waals surface area contributed by atoms with Gasteiger partial charge in [0.15, 0.2) is 0 Å². The third-order valence-electron chi connectivity index (χ3n) is 3.55. The van der Waals surface area contributed by atoms with Gasteiger partial charge in [0.2, 0.25) is 5.91 Å². The minimum Gasteiger partial charge on any atom is -0.387 e. The number of nitrogens with zero attached hydrogens (tertiary/aromatic N) is 1. The van der Waals surface area contributed by atoms with E-state index in [1.54, 1.807) is 4.90 Å². The summed E-state index contributed by atoms with van der Waals surface area (Å²) >= 11 is 0. The molecule has 2 unspecified atom stereocenters. The maximum Gasteiger partial charge on any atom is 0.239 e. The Morgan fingerprint density at radius 1 is 1.29 bits per heavy atom. The lowest BCUT2D eigenvalue weighted by molar-refractivity contribution is -0.134. The van der Waals surface area contributed by atoms with E-state index in [0.717, 1.165) is 11.1 Å². The van der Waals surface area contributed by atoms with E-state index in [4.69, 9.17) is 5.73 Å². The first kappa shape index (κ1) is 19.9. The van der Waals surface area contributed by atoms with Gasteiger partial charge >= 0.3 is 0 Å². The predicted octanol–water partition coefficient (Wildman–Crippen LogP) is 2.28. The number of nitrogens with two attached hydrogens (primary N) is 1. The highest BCUT2D eigenvalue weighted by atomic mass is 35.5. The molecular formula is C16H27ClN2O2. The van der Waals surface area contributed by atoms with Crippen molar-refractivity contribution in [2.75, 3.05) is 13.1 Å². The molecule has 0 aromatic heterocycles. The fraction of sp³-hybridized carbons (Fsp3) is 0.562. The number of aliphatic hydroxyl groups is 1. The maximum absolute atomic E-state index is 12.2. The molecule has 0 spiro atoms. The standard InChI is InChI=1S/C16H26N2O2.ClH/c1-5-18(16(20)15(17)11(2)3)10-14(19)13-8-6-12(4)7-9-13;/h6-9,11,14-15,19H,5,10,17H2,1-4H3;1H. The lowest BCUT2D eigenvalue weighted by Crippen LogP contribution is -2.47. The molecule has 0 fully saturated rings. The highest BCUT2D eigenvalue weighted by Gasteiger charge is 2.24. The highest BCUT2D eigenvalue weighted by molar-refractivity contribution is 5.85. The molecule has 120 valence electrons. The third kappa shape index (κ3) is 5.65. The van der Waals surface area contributed by atoms with Crippen molar-refractivity contribution in [3.8, 4) is 0 Å². The summed E-state index contributed by atoms with van der Waals surface area (Å²) in [5, 5.41) is 10.2. The van der Waals surface area contributed by atoms with Crippen LogP contribution in [0.25, 0.3) is 0 Å². The van der Waals surface area contributed by atoms with Gasteiger partial charge in [0.05, 0.1) is 18.7 Å². The molecule has 0 radical (unpaired) electrons. The summed E-state index contributed by atoms with van der Waals surface area (Å²) < 4.78 is 0. The smallest absolute Gasteiger partial charge is 0.239 e. The topological polar surface area (TPSA) is 66.6 Å². The first-order valence-corrected chi connectivity index (χ1v) is 7.15. The van der Waals surface area contributed by atoms with Crippen LogP contribution in [0.4, 0.5) is 0 Å². The number of hydrogen-bond acceptors (Lipinski definition) is 3. The van der Waals surface area contributed by atoms with Crippen LogP contribution in [0.1, 0.15) is 38.0 Å². The molecule has 0 saturated carbocycles. The zero-order chi connectivity index (χ0) is 15.3. The van der Waals surface area contributed by atoms with Crippen molar-refractivity contribution in [1.82, 2.24) is 4.90 Å². The molecular weight excluding hydrogens is 288 g/mol. The largest absolute Gasteiger partial charge is 0.387 e. The van der Waals surface area contributed by atoms with Crippen LogP contribution < -0.4 is 5.73 Å². The molecule has 1 amide bonds. The van der Waals surface area contributed by atoms with Gasteiger partial charge in [-0.15, -0.1) is 12.4 Å².